The molecule has 0 aliphatic carbocycles. The van der Waals surface area contributed by atoms with Crippen LogP contribution in [0.4, 0.5) is 0 Å². The number of esters is 1. The molecule has 0 bridgehead atoms. The van der Waals surface area contributed by atoms with Gasteiger partial charge in [0.1, 0.15) is 6.61 Å². The van der Waals surface area contributed by atoms with Crippen molar-refractivity contribution in [1.82, 2.24) is 0 Å². The van der Waals surface area contributed by atoms with Crippen molar-refractivity contribution in [2.75, 3.05) is 7.11 Å². The van der Waals surface area contributed by atoms with Crippen LogP contribution in [0, 0.1) is 0 Å². The molecule has 5 nitrogen and oxygen atoms in total. The Kier molecular flexibility index (Phi) is 4.66. The average molecular weight is 238 g/mol. The van der Waals surface area contributed by atoms with Crippen LogP contribution in [0.15, 0.2) is 24.3 Å². The van der Waals surface area contributed by atoms with Crippen LogP contribution < -0.4 is 0 Å². The second-order valence-electron chi connectivity index (χ2n) is 3.43. The Morgan fingerprint density at radius 3 is 2.53 bits per heavy atom. The molecule has 0 spiro atoms. The van der Waals surface area contributed by atoms with Gasteiger partial charge in [-0.15, -0.1) is 0 Å². The molecule has 0 aromatic heterocycles. The predicted molar refractivity (Wildman–Crippen MR) is 59.3 cm³/mol. The van der Waals surface area contributed by atoms with Crippen LogP contribution >= 0.6 is 0 Å². The van der Waals surface area contributed by atoms with E-state index in [4.69, 9.17) is 14.6 Å². The number of hydrogen-bond donors (Lipinski definition) is 1. The maximum Gasteiger partial charge on any atom is 0.337 e. The SMILES string of the molecule is COC(C(=O)O)c1ccccc1COC(C)=O. The van der Waals surface area contributed by atoms with Gasteiger partial charge in [0.25, 0.3) is 0 Å². The lowest BCUT2D eigenvalue weighted by Gasteiger charge is -2.15. The monoisotopic (exact) mass is 238 g/mol. The van der Waals surface area contributed by atoms with Gasteiger partial charge in [0.05, 0.1) is 0 Å². The van der Waals surface area contributed by atoms with Crippen molar-refractivity contribution >= 4 is 11.9 Å². The number of methoxy groups -OCH3 is 1. The predicted octanol–water partition coefficient (Wildman–Crippen LogP) is 1.52. The molecule has 1 aromatic rings. The standard InChI is InChI=1S/C12H14O5/c1-8(13)17-7-9-5-3-4-6-10(9)11(16-2)12(14)15/h3-6,11H,7H2,1-2H3,(H,14,15). The third kappa shape index (κ3) is 3.57. The fourth-order valence-corrected chi connectivity index (χ4v) is 1.46. The van der Waals surface area contributed by atoms with E-state index in [-0.39, 0.29) is 6.61 Å². The highest BCUT2D eigenvalue weighted by molar-refractivity contribution is 5.75. The van der Waals surface area contributed by atoms with Crippen LogP contribution in [0.5, 0.6) is 0 Å². The lowest BCUT2D eigenvalue weighted by molar-refractivity contribution is -0.148. The first kappa shape index (κ1) is 13.2. The van der Waals surface area contributed by atoms with E-state index >= 15 is 0 Å². The van der Waals surface area contributed by atoms with Crippen LogP contribution in [0.2, 0.25) is 0 Å². The highest BCUT2D eigenvalue weighted by atomic mass is 16.5. The highest BCUT2D eigenvalue weighted by Gasteiger charge is 2.21. The van der Waals surface area contributed by atoms with Crippen molar-refractivity contribution in [2.45, 2.75) is 19.6 Å². The molecule has 92 valence electrons. The summed E-state index contributed by atoms with van der Waals surface area (Å²) in [6.45, 7) is 1.34. The first-order chi connectivity index (χ1) is 8.06. The van der Waals surface area contributed by atoms with Gasteiger partial charge in [-0.3, -0.25) is 4.79 Å². The van der Waals surface area contributed by atoms with Crippen molar-refractivity contribution in [1.29, 1.82) is 0 Å². The fraction of sp³-hybridized carbons (Fsp3) is 0.333. The number of benzene rings is 1. The molecular weight excluding hydrogens is 224 g/mol. The topological polar surface area (TPSA) is 72.8 Å². The third-order valence-corrected chi connectivity index (χ3v) is 2.23. The second-order valence-corrected chi connectivity index (χ2v) is 3.43. The largest absolute Gasteiger partial charge is 0.479 e. The average Bonchev–Trinajstić information content (AvgIpc) is 2.28. The molecule has 5 heteroatoms. The number of rotatable bonds is 5. The normalized spacial score (nSPS) is 11.9. The van der Waals surface area contributed by atoms with E-state index in [0.717, 1.165) is 0 Å². The zero-order valence-electron chi connectivity index (χ0n) is 9.67. The number of carboxylic acids is 1. The first-order valence-corrected chi connectivity index (χ1v) is 5.03. The molecule has 1 unspecified atom stereocenters. The molecule has 1 N–H and O–H groups in total. The van der Waals surface area contributed by atoms with E-state index in [0.29, 0.717) is 11.1 Å². The van der Waals surface area contributed by atoms with Crippen molar-refractivity contribution in [3.8, 4) is 0 Å². The van der Waals surface area contributed by atoms with E-state index in [9.17, 15) is 9.59 Å². The Hall–Kier alpha value is -1.88. The number of hydrogen-bond acceptors (Lipinski definition) is 4. The summed E-state index contributed by atoms with van der Waals surface area (Å²) < 4.78 is 9.76. The van der Waals surface area contributed by atoms with Gasteiger partial charge in [0, 0.05) is 14.0 Å². The molecule has 1 rings (SSSR count). The molecular formula is C12H14O5. The van der Waals surface area contributed by atoms with Crippen LogP contribution in [0.25, 0.3) is 0 Å². The Morgan fingerprint density at radius 2 is 2.00 bits per heavy atom. The summed E-state index contributed by atoms with van der Waals surface area (Å²) >= 11 is 0. The molecule has 17 heavy (non-hydrogen) atoms. The lowest BCUT2D eigenvalue weighted by atomic mass is 10.0. The van der Waals surface area contributed by atoms with Crippen LogP contribution in [0.3, 0.4) is 0 Å². The molecule has 0 saturated heterocycles. The van der Waals surface area contributed by atoms with Gasteiger partial charge in [-0.25, -0.2) is 4.79 Å². The van der Waals surface area contributed by atoms with Crippen molar-refractivity contribution in [2.24, 2.45) is 0 Å². The number of ether oxygens (including phenoxy) is 2. The Bertz CT molecular complexity index is 413. The molecule has 0 amide bonds. The molecule has 0 fully saturated rings. The summed E-state index contributed by atoms with van der Waals surface area (Å²) in [4.78, 5) is 21.7. The van der Waals surface area contributed by atoms with E-state index in [2.05, 4.69) is 0 Å². The van der Waals surface area contributed by atoms with Gasteiger partial charge < -0.3 is 14.6 Å². The van der Waals surface area contributed by atoms with E-state index in [1.54, 1.807) is 24.3 Å². The molecule has 0 saturated carbocycles. The van der Waals surface area contributed by atoms with E-state index < -0.39 is 18.0 Å². The maximum absolute atomic E-state index is 11.0. The van der Waals surface area contributed by atoms with E-state index in [1.807, 2.05) is 0 Å². The molecule has 0 heterocycles. The summed E-state index contributed by atoms with van der Waals surface area (Å²) in [5, 5.41) is 9.00. The summed E-state index contributed by atoms with van der Waals surface area (Å²) in [6, 6.07) is 6.80. The molecule has 0 radical (unpaired) electrons. The summed E-state index contributed by atoms with van der Waals surface area (Å²) in [7, 11) is 1.32. The molecule has 0 aliphatic rings. The number of carbonyl (C=O) groups excluding carboxylic acids is 1. The molecule has 0 aliphatic heterocycles. The van der Waals surface area contributed by atoms with Crippen LogP contribution in [0.1, 0.15) is 24.2 Å². The summed E-state index contributed by atoms with van der Waals surface area (Å²) in [5.41, 5.74) is 1.11. The van der Waals surface area contributed by atoms with Crippen LogP contribution in [-0.2, 0) is 25.7 Å². The Balaban J connectivity index is 2.97. The van der Waals surface area contributed by atoms with Gasteiger partial charge in [-0.2, -0.15) is 0 Å². The number of carboxylic acid groups (broad SMARTS) is 1. The Labute approximate surface area is 99.0 Å². The molecule has 1 aromatic carbocycles. The molecule has 1 atom stereocenters. The smallest absolute Gasteiger partial charge is 0.337 e. The van der Waals surface area contributed by atoms with Gasteiger partial charge in [-0.05, 0) is 11.1 Å². The van der Waals surface area contributed by atoms with Crippen molar-refractivity contribution in [3.05, 3.63) is 35.4 Å². The minimum absolute atomic E-state index is 0.0403. The van der Waals surface area contributed by atoms with Crippen molar-refractivity contribution in [3.63, 3.8) is 0 Å². The quantitative estimate of drug-likeness (QED) is 0.787. The summed E-state index contributed by atoms with van der Waals surface area (Å²) in [5.74, 6) is -1.49. The fourth-order valence-electron chi connectivity index (χ4n) is 1.46. The van der Waals surface area contributed by atoms with Gasteiger partial charge in [0.2, 0.25) is 0 Å². The van der Waals surface area contributed by atoms with Gasteiger partial charge >= 0.3 is 11.9 Å². The van der Waals surface area contributed by atoms with E-state index in [1.165, 1.54) is 14.0 Å². The minimum Gasteiger partial charge on any atom is -0.479 e. The number of carbonyl (C=O) groups is 2. The van der Waals surface area contributed by atoms with Crippen LogP contribution in [-0.4, -0.2) is 24.2 Å². The van der Waals surface area contributed by atoms with Gasteiger partial charge in [0.15, 0.2) is 6.10 Å². The van der Waals surface area contributed by atoms with Gasteiger partial charge in [-0.1, -0.05) is 24.3 Å². The number of aliphatic carboxylic acids is 1. The highest BCUT2D eigenvalue weighted by Crippen LogP contribution is 2.22. The summed E-state index contributed by atoms with van der Waals surface area (Å²) in [6.07, 6.45) is -1.05. The Morgan fingerprint density at radius 1 is 1.35 bits per heavy atom. The zero-order chi connectivity index (χ0) is 12.8. The minimum atomic E-state index is -1.08. The van der Waals surface area contributed by atoms with Crippen molar-refractivity contribution < 1.29 is 24.2 Å². The maximum atomic E-state index is 11.0. The third-order valence-electron chi connectivity index (χ3n) is 2.23. The lowest BCUT2D eigenvalue weighted by Crippen LogP contribution is -2.16. The second kappa shape index (κ2) is 6.00. The first-order valence-electron chi connectivity index (χ1n) is 5.03. The zero-order valence-corrected chi connectivity index (χ0v) is 9.67.